The predicted molar refractivity (Wildman–Crippen MR) is 139 cm³/mol. The molecule has 0 aliphatic carbocycles. The summed E-state index contributed by atoms with van der Waals surface area (Å²) in [7, 11) is 1.90. The minimum Gasteiger partial charge on any atom is -0.489 e. The molecule has 0 N–H and O–H groups in total. The van der Waals surface area contributed by atoms with Crippen LogP contribution in [0.25, 0.3) is 0 Å². The first-order chi connectivity index (χ1) is 17.7. The summed E-state index contributed by atoms with van der Waals surface area (Å²) in [4.78, 5) is 16.4. The van der Waals surface area contributed by atoms with Gasteiger partial charge in [-0.05, 0) is 42.2 Å². The van der Waals surface area contributed by atoms with Crippen LogP contribution < -0.4 is 9.47 Å². The molecule has 0 radical (unpaired) electrons. The molecule has 188 valence electrons. The predicted octanol–water partition coefficient (Wildman–Crippen LogP) is 4.67. The molecular formula is C30H34N2O4. The number of morpholine rings is 1. The van der Waals surface area contributed by atoms with Crippen LogP contribution in [0.5, 0.6) is 11.5 Å². The molecule has 3 aromatic carbocycles. The Morgan fingerprint density at radius 2 is 1.53 bits per heavy atom. The monoisotopic (exact) mass is 486 g/mol. The van der Waals surface area contributed by atoms with Crippen LogP contribution in [0.3, 0.4) is 0 Å². The van der Waals surface area contributed by atoms with Gasteiger partial charge in [0.05, 0.1) is 12.1 Å². The number of likely N-dealkylation sites (N-methyl/N-ethyl adjacent to an activating group) is 1. The minimum absolute atomic E-state index is 0.0737. The van der Waals surface area contributed by atoms with E-state index in [-0.39, 0.29) is 24.7 Å². The lowest BCUT2D eigenvalue weighted by atomic mass is 10.0. The maximum absolute atomic E-state index is 12.1. The molecule has 2 fully saturated rings. The number of rotatable bonds is 8. The van der Waals surface area contributed by atoms with Crippen LogP contribution in [0.1, 0.15) is 29.5 Å². The Morgan fingerprint density at radius 1 is 0.861 bits per heavy atom. The van der Waals surface area contributed by atoms with Gasteiger partial charge in [0.25, 0.3) is 0 Å². The van der Waals surface area contributed by atoms with Crippen LogP contribution in [0.4, 0.5) is 0 Å². The molecule has 6 heteroatoms. The number of hydrogen-bond donors (Lipinski definition) is 0. The van der Waals surface area contributed by atoms with Gasteiger partial charge < -0.3 is 19.1 Å². The first-order valence-corrected chi connectivity index (χ1v) is 12.7. The van der Waals surface area contributed by atoms with E-state index in [1.807, 2.05) is 60.5 Å². The van der Waals surface area contributed by atoms with Crippen LogP contribution in [-0.4, -0.2) is 54.6 Å². The number of amides is 1. The molecule has 0 aromatic heterocycles. The number of carbonyl (C=O) groups is 1. The average molecular weight is 487 g/mol. The SMILES string of the molecule is CN1C(=O)CO[C@H]2CCN(Cc3cc(OCc4ccccc4)ccc3OCc3ccccc3)CC[C@@H]21. The van der Waals surface area contributed by atoms with E-state index >= 15 is 0 Å². The Morgan fingerprint density at radius 3 is 2.25 bits per heavy atom. The Balaban J connectivity index is 1.30. The number of carbonyl (C=O) groups excluding carboxylic acids is 1. The molecule has 2 atom stereocenters. The molecule has 0 spiro atoms. The van der Waals surface area contributed by atoms with Crippen molar-refractivity contribution in [3.8, 4) is 11.5 Å². The van der Waals surface area contributed by atoms with Crippen molar-refractivity contribution in [3.05, 3.63) is 95.6 Å². The summed E-state index contributed by atoms with van der Waals surface area (Å²) in [6.45, 7) is 3.80. The molecule has 2 aliphatic rings. The summed E-state index contributed by atoms with van der Waals surface area (Å²) in [5.41, 5.74) is 3.38. The lowest BCUT2D eigenvalue weighted by Crippen LogP contribution is -2.52. The van der Waals surface area contributed by atoms with Gasteiger partial charge in [-0.1, -0.05) is 60.7 Å². The fourth-order valence-corrected chi connectivity index (χ4v) is 5.00. The van der Waals surface area contributed by atoms with E-state index in [0.29, 0.717) is 13.2 Å². The zero-order valence-electron chi connectivity index (χ0n) is 20.8. The van der Waals surface area contributed by atoms with Crippen molar-refractivity contribution in [2.45, 2.75) is 44.7 Å². The van der Waals surface area contributed by atoms with Crippen molar-refractivity contribution < 1.29 is 19.0 Å². The minimum atomic E-state index is 0.0737. The van der Waals surface area contributed by atoms with Crippen LogP contribution >= 0.6 is 0 Å². The number of nitrogens with zero attached hydrogens (tertiary/aromatic N) is 2. The first kappa shape index (κ1) is 24.3. The third-order valence-corrected chi connectivity index (χ3v) is 7.12. The van der Waals surface area contributed by atoms with Crippen LogP contribution in [-0.2, 0) is 29.3 Å². The molecule has 2 aliphatic heterocycles. The molecule has 2 heterocycles. The smallest absolute Gasteiger partial charge is 0.248 e. The van der Waals surface area contributed by atoms with Gasteiger partial charge in [0.1, 0.15) is 31.3 Å². The van der Waals surface area contributed by atoms with Gasteiger partial charge in [-0.15, -0.1) is 0 Å². The largest absolute Gasteiger partial charge is 0.489 e. The summed E-state index contributed by atoms with van der Waals surface area (Å²) in [6.07, 6.45) is 1.91. The fourth-order valence-electron chi connectivity index (χ4n) is 5.00. The normalized spacial score (nSPS) is 20.5. The van der Waals surface area contributed by atoms with E-state index in [1.165, 1.54) is 0 Å². The molecule has 0 saturated carbocycles. The molecule has 6 nitrogen and oxygen atoms in total. The van der Waals surface area contributed by atoms with Crippen molar-refractivity contribution in [2.75, 3.05) is 26.7 Å². The number of fused-ring (bicyclic) bond motifs is 1. The highest BCUT2D eigenvalue weighted by Gasteiger charge is 2.36. The Hall–Kier alpha value is -3.35. The van der Waals surface area contributed by atoms with E-state index < -0.39 is 0 Å². The Bertz CT molecular complexity index is 1140. The molecular weight excluding hydrogens is 452 g/mol. The van der Waals surface area contributed by atoms with Gasteiger partial charge in [-0.25, -0.2) is 0 Å². The highest BCUT2D eigenvalue weighted by Crippen LogP contribution is 2.29. The molecule has 1 amide bonds. The molecule has 2 saturated heterocycles. The lowest BCUT2D eigenvalue weighted by molar-refractivity contribution is -0.154. The molecule has 0 unspecified atom stereocenters. The highest BCUT2D eigenvalue weighted by atomic mass is 16.5. The van der Waals surface area contributed by atoms with Gasteiger partial charge in [0.15, 0.2) is 0 Å². The third-order valence-electron chi connectivity index (χ3n) is 7.12. The summed E-state index contributed by atoms with van der Waals surface area (Å²) in [5, 5.41) is 0. The van der Waals surface area contributed by atoms with Crippen molar-refractivity contribution in [1.82, 2.24) is 9.80 Å². The molecule has 0 bridgehead atoms. The summed E-state index contributed by atoms with van der Waals surface area (Å²) in [6, 6.07) is 26.7. The van der Waals surface area contributed by atoms with Gasteiger partial charge in [0, 0.05) is 32.2 Å². The lowest BCUT2D eigenvalue weighted by Gasteiger charge is -2.37. The highest BCUT2D eigenvalue weighted by molar-refractivity contribution is 5.78. The summed E-state index contributed by atoms with van der Waals surface area (Å²) < 4.78 is 18.3. The zero-order chi connectivity index (χ0) is 24.7. The fraction of sp³-hybridized carbons (Fsp3) is 0.367. The average Bonchev–Trinajstić information content (AvgIpc) is 3.13. The van der Waals surface area contributed by atoms with E-state index in [9.17, 15) is 4.79 Å². The van der Waals surface area contributed by atoms with Gasteiger partial charge in [-0.2, -0.15) is 0 Å². The standard InChI is InChI=1S/C30H34N2O4/c1-31-27-14-16-32(17-15-29(27)36-22-30(31)33)19-25-18-26(34-20-23-8-4-2-5-9-23)12-13-28(25)35-21-24-10-6-3-7-11-24/h2-13,18,27,29H,14-17,19-22H2,1H3/t27-,29-/m0/s1. The van der Waals surface area contributed by atoms with E-state index in [1.54, 1.807) is 0 Å². The van der Waals surface area contributed by atoms with E-state index in [2.05, 4.69) is 35.2 Å². The Kier molecular flexibility index (Phi) is 7.84. The van der Waals surface area contributed by atoms with Gasteiger partial charge in [-0.3, -0.25) is 9.69 Å². The Labute approximate surface area is 213 Å². The quantitative estimate of drug-likeness (QED) is 0.463. The van der Waals surface area contributed by atoms with Crippen molar-refractivity contribution >= 4 is 5.91 Å². The molecule has 36 heavy (non-hydrogen) atoms. The third kappa shape index (κ3) is 6.07. The second-order valence-corrected chi connectivity index (χ2v) is 9.59. The number of benzene rings is 3. The summed E-state index contributed by atoms with van der Waals surface area (Å²) in [5.74, 6) is 1.78. The van der Waals surface area contributed by atoms with Crippen molar-refractivity contribution in [2.24, 2.45) is 0 Å². The van der Waals surface area contributed by atoms with E-state index in [0.717, 1.165) is 60.7 Å². The van der Waals surface area contributed by atoms with Gasteiger partial charge >= 0.3 is 0 Å². The zero-order valence-corrected chi connectivity index (χ0v) is 20.8. The maximum atomic E-state index is 12.1. The number of ether oxygens (including phenoxy) is 3. The van der Waals surface area contributed by atoms with Crippen LogP contribution in [0.2, 0.25) is 0 Å². The van der Waals surface area contributed by atoms with Crippen LogP contribution in [0, 0.1) is 0 Å². The number of likely N-dealkylation sites (tertiary alicyclic amines) is 1. The van der Waals surface area contributed by atoms with Gasteiger partial charge in [0.2, 0.25) is 5.91 Å². The second kappa shape index (κ2) is 11.6. The van der Waals surface area contributed by atoms with Crippen molar-refractivity contribution in [1.29, 1.82) is 0 Å². The first-order valence-electron chi connectivity index (χ1n) is 12.7. The topological polar surface area (TPSA) is 51.2 Å². The number of hydrogen-bond acceptors (Lipinski definition) is 5. The van der Waals surface area contributed by atoms with Crippen molar-refractivity contribution in [3.63, 3.8) is 0 Å². The maximum Gasteiger partial charge on any atom is 0.248 e. The van der Waals surface area contributed by atoms with E-state index in [4.69, 9.17) is 14.2 Å². The van der Waals surface area contributed by atoms with Crippen LogP contribution in [0.15, 0.2) is 78.9 Å². The summed E-state index contributed by atoms with van der Waals surface area (Å²) >= 11 is 0. The second-order valence-electron chi connectivity index (χ2n) is 9.59. The molecule has 3 aromatic rings. The molecule has 5 rings (SSSR count).